The number of nitrogens with one attached hydrogen (secondary N) is 3. The molecule has 21 heteroatoms. The minimum absolute atomic E-state index is 0.0438. The first-order valence-corrected chi connectivity index (χ1v) is 21.0. The Kier molecular flexibility index (Phi) is 14.8. The van der Waals surface area contributed by atoms with Crippen LogP contribution in [0, 0.1) is 37.1 Å². The molecule has 2 heterocycles. The van der Waals surface area contributed by atoms with Crippen molar-refractivity contribution in [2.75, 3.05) is 0 Å². The number of carboxylic acid groups (broad SMARTS) is 2. The second-order valence-corrected chi connectivity index (χ2v) is 16.3. The third-order valence-electron chi connectivity index (χ3n) is 11.8. The highest BCUT2D eigenvalue weighted by atomic mass is 19.1. The van der Waals surface area contributed by atoms with Crippen molar-refractivity contribution in [3.8, 4) is 22.3 Å². The Bertz CT molecular complexity index is 3040. The molecule has 0 radical (unpaired) electrons. The summed E-state index contributed by atoms with van der Waals surface area (Å²) in [5.74, 6) is -11.1. The van der Waals surface area contributed by atoms with Gasteiger partial charge in [0.15, 0.2) is 0 Å². The van der Waals surface area contributed by atoms with Gasteiger partial charge in [-0.05, 0) is 71.5 Å². The molecule has 2 unspecified atom stereocenters. The quantitative estimate of drug-likeness (QED) is 0.0885. The first-order chi connectivity index (χ1) is 32.5. The van der Waals surface area contributed by atoms with E-state index in [1.54, 1.807) is 13.8 Å². The van der Waals surface area contributed by atoms with Crippen molar-refractivity contribution in [1.82, 2.24) is 34.2 Å². The minimum atomic E-state index is -1.64. The summed E-state index contributed by atoms with van der Waals surface area (Å²) in [6.45, 7) is 2.62. The third kappa shape index (κ3) is 10.5. The highest BCUT2D eigenvalue weighted by Gasteiger charge is 2.28. The van der Waals surface area contributed by atoms with E-state index in [1.165, 1.54) is 85.9 Å². The van der Waals surface area contributed by atoms with E-state index in [4.69, 9.17) is 0 Å². The third-order valence-corrected chi connectivity index (χ3v) is 11.8. The van der Waals surface area contributed by atoms with Crippen LogP contribution in [0.25, 0.3) is 22.3 Å². The lowest BCUT2D eigenvalue weighted by molar-refractivity contribution is -0.140. The van der Waals surface area contributed by atoms with Gasteiger partial charge in [-0.15, -0.1) is 0 Å². The number of carboxylic acids is 2. The normalized spacial score (nSPS) is 12.1. The number of aromatic nitrogens is 4. The molecular weight excluding hydrogens is 911 g/mol. The molecule has 0 saturated carbocycles. The highest BCUT2D eigenvalue weighted by molar-refractivity contribution is 5.98. The summed E-state index contributed by atoms with van der Waals surface area (Å²) in [6.07, 6.45) is -0.620. The van der Waals surface area contributed by atoms with E-state index in [1.807, 2.05) is 0 Å². The van der Waals surface area contributed by atoms with Crippen molar-refractivity contribution < 1.29 is 47.0 Å². The van der Waals surface area contributed by atoms with Crippen molar-refractivity contribution in [3.05, 3.63) is 183 Å². The van der Waals surface area contributed by atoms with Gasteiger partial charge in [0.05, 0.1) is 11.1 Å². The highest BCUT2D eigenvalue weighted by Crippen LogP contribution is 2.23. The molecule has 0 spiro atoms. The average molecular weight is 956 g/mol. The molecule has 6 aromatic rings. The number of amides is 2. The van der Waals surface area contributed by atoms with Crippen LogP contribution < -0.4 is 38.4 Å². The number of rotatable bonds is 16. The summed E-state index contributed by atoms with van der Waals surface area (Å²) in [5.41, 5.74) is -1.36. The van der Waals surface area contributed by atoms with Crippen LogP contribution in [-0.4, -0.2) is 64.3 Å². The molecule has 2 amide bonds. The van der Waals surface area contributed by atoms with E-state index in [0.717, 1.165) is 33.4 Å². The summed E-state index contributed by atoms with van der Waals surface area (Å²) in [4.78, 5) is 101. The number of benzene rings is 4. The van der Waals surface area contributed by atoms with E-state index in [2.05, 4.69) is 16.0 Å². The molecule has 69 heavy (non-hydrogen) atoms. The van der Waals surface area contributed by atoms with Crippen LogP contribution in [0.3, 0.4) is 0 Å². The van der Waals surface area contributed by atoms with Crippen LogP contribution in [0.5, 0.6) is 0 Å². The Morgan fingerprint density at radius 1 is 0.507 bits per heavy atom. The van der Waals surface area contributed by atoms with Gasteiger partial charge in [0, 0.05) is 65.5 Å². The lowest BCUT2D eigenvalue weighted by atomic mass is 10.00. The predicted octanol–water partition coefficient (Wildman–Crippen LogP) is 3.13. The molecule has 5 N–H and O–H groups in total. The van der Waals surface area contributed by atoms with Crippen molar-refractivity contribution in [3.63, 3.8) is 0 Å². The summed E-state index contributed by atoms with van der Waals surface area (Å²) in [6, 6.07) is 12.1. The number of carbonyl (C=O) groups excluding carboxylic acids is 2. The maximum Gasteiger partial charge on any atom is 0.330 e. The lowest BCUT2D eigenvalue weighted by Gasteiger charge is -2.17. The van der Waals surface area contributed by atoms with E-state index in [9.17, 15) is 48.6 Å². The summed E-state index contributed by atoms with van der Waals surface area (Å²) in [7, 11) is 5.69. The van der Waals surface area contributed by atoms with Gasteiger partial charge >= 0.3 is 23.3 Å². The van der Waals surface area contributed by atoms with Crippen LogP contribution in [-0.2, 0) is 63.7 Å². The Labute approximate surface area is 388 Å². The Balaban J connectivity index is 1.06. The second-order valence-electron chi connectivity index (χ2n) is 16.3. The predicted molar refractivity (Wildman–Crippen MR) is 243 cm³/mol. The molecule has 0 aliphatic carbocycles. The fourth-order valence-corrected chi connectivity index (χ4v) is 7.74. The van der Waals surface area contributed by atoms with Crippen molar-refractivity contribution in [1.29, 1.82) is 0 Å². The first kappa shape index (κ1) is 50.2. The van der Waals surface area contributed by atoms with Gasteiger partial charge in [-0.25, -0.2) is 36.7 Å². The fourth-order valence-electron chi connectivity index (χ4n) is 7.74. The van der Waals surface area contributed by atoms with Crippen LogP contribution in [0.2, 0.25) is 0 Å². The SMILES string of the molecule is Cc1c(-c2ccc(CC(NC(=O)c3c(F)cc(CNCc4cc(F)c(C(=O)NC(Cc5ccc(-c6c(C)n(C)c(=O)n(C)c6=O)cc5)C(=O)O)c(F)c4)cc3F)C(=O)O)cc2)c(=O)n(C)c(=O)n1C. The van der Waals surface area contributed by atoms with E-state index in [-0.39, 0.29) is 48.2 Å². The average Bonchev–Trinajstić information content (AvgIpc) is 3.29. The van der Waals surface area contributed by atoms with Gasteiger partial charge in [-0.1, -0.05) is 48.5 Å². The van der Waals surface area contributed by atoms with Crippen LogP contribution in [0.15, 0.2) is 92.0 Å². The second kappa shape index (κ2) is 20.3. The zero-order valence-electron chi connectivity index (χ0n) is 37.9. The molecular formula is C48H45F4N7O10. The van der Waals surface area contributed by atoms with Crippen LogP contribution >= 0.6 is 0 Å². The maximum absolute atomic E-state index is 15.3. The lowest BCUT2D eigenvalue weighted by Crippen LogP contribution is -2.43. The van der Waals surface area contributed by atoms with Gasteiger partial charge < -0.3 is 35.3 Å². The van der Waals surface area contributed by atoms with E-state index >= 15 is 17.6 Å². The number of carbonyl (C=O) groups is 4. The molecule has 0 aliphatic heterocycles. The first-order valence-electron chi connectivity index (χ1n) is 21.0. The Morgan fingerprint density at radius 3 is 1.10 bits per heavy atom. The summed E-state index contributed by atoms with van der Waals surface area (Å²) >= 11 is 0. The fraction of sp³-hybridized carbons (Fsp3) is 0.250. The molecule has 0 aliphatic rings. The van der Waals surface area contributed by atoms with Gasteiger partial charge in [0.1, 0.15) is 46.5 Å². The largest absolute Gasteiger partial charge is 0.480 e. The Hall–Kier alpha value is -8.20. The van der Waals surface area contributed by atoms with Crippen molar-refractivity contribution in [2.24, 2.45) is 28.2 Å². The molecule has 0 fully saturated rings. The molecule has 0 saturated heterocycles. The monoisotopic (exact) mass is 955 g/mol. The van der Waals surface area contributed by atoms with Crippen molar-refractivity contribution >= 4 is 23.8 Å². The summed E-state index contributed by atoms with van der Waals surface area (Å²) in [5, 5.41) is 26.7. The molecule has 360 valence electrons. The van der Waals surface area contributed by atoms with Crippen LogP contribution in [0.4, 0.5) is 17.6 Å². The van der Waals surface area contributed by atoms with Crippen LogP contribution in [0.1, 0.15) is 54.4 Å². The smallest absolute Gasteiger partial charge is 0.330 e. The van der Waals surface area contributed by atoms with Gasteiger partial charge in [-0.3, -0.25) is 28.3 Å². The van der Waals surface area contributed by atoms with Gasteiger partial charge in [-0.2, -0.15) is 0 Å². The molecule has 17 nitrogen and oxygen atoms in total. The van der Waals surface area contributed by atoms with E-state index in [0.29, 0.717) is 33.6 Å². The topological polar surface area (TPSA) is 233 Å². The molecule has 2 atom stereocenters. The van der Waals surface area contributed by atoms with Crippen molar-refractivity contribution in [2.45, 2.75) is 51.9 Å². The molecule has 0 bridgehead atoms. The van der Waals surface area contributed by atoms with Gasteiger partial charge in [0.2, 0.25) is 0 Å². The number of nitrogens with zero attached hydrogens (tertiary/aromatic N) is 4. The minimum Gasteiger partial charge on any atom is -0.480 e. The van der Waals surface area contributed by atoms with Gasteiger partial charge in [0.25, 0.3) is 22.9 Å². The number of hydrogen-bond donors (Lipinski definition) is 5. The standard InChI is InChI=1S/C48H45F4N7O10/c1-23-37(43(62)58(5)47(68)56(23)3)29-11-7-25(8-12-29)19-35(45(64)65)54-41(60)39-31(49)15-27(16-32(39)50)21-53-22-28-17-33(51)40(34(52)18-28)42(61)55-36(46(66)67)20-26-9-13-30(14-10-26)38-24(2)57(4)48(69)59(6)44(38)63/h7-18,35-36,53H,19-22H2,1-6H3,(H,54,60)(H,55,61)(H,64,65)(H,66,67). The zero-order chi connectivity index (χ0) is 50.8. The molecule has 4 aromatic carbocycles. The summed E-state index contributed by atoms with van der Waals surface area (Å²) < 4.78 is 65.5. The number of hydrogen-bond acceptors (Lipinski definition) is 9. The Morgan fingerprint density at radius 2 is 0.812 bits per heavy atom. The van der Waals surface area contributed by atoms with E-state index < -0.39 is 92.7 Å². The molecule has 2 aromatic heterocycles. The maximum atomic E-state index is 15.3. The number of aliphatic carboxylic acids is 2. The zero-order valence-corrected chi connectivity index (χ0v) is 37.9. The number of halogens is 4. The molecule has 6 rings (SSSR count).